The Morgan fingerprint density at radius 2 is 1.90 bits per heavy atom. The summed E-state index contributed by atoms with van der Waals surface area (Å²) in [7, 11) is 1.33. The van der Waals surface area contributed by atoms with Crippen molar-refractivity contribution in [3.63, 3.8) is 0 Å². The summed E-state index contributed by atoms with van der Waals surface area (Å²) in [5.74, 6) is -0.230. The minimum atomic E-state index is -0.342. The van der Waals surface area contributed by atoms with Gasteiger partial charge in [0.1, 0.15) is 0 Å². The second-order valence-corrected chi connectivity index (χ2v) is 5.91. The highest BCUT2D eigenvalue weighted by Crippen LogP contribution is 2.23. The van der Waals surface area contributed by atoms with Crippen LogP contribution in [0.5, 0.6) is 0 Å². The molecule has 0 bridgehead atoms. The molecule has 116 valence electrons. The molecule has 6 heteroatoms. The van der Waals surface area contributed by atoms with Gasteiger partial charge in [-0.2, -0.15) is 0 Å². The lowest BCUT2D eigenvalue weighted by Crippen LogP contribution is -2.36. The van der Waals surface area contributed by atoms with Gasteiger partial charge in [0.25, 0.3) is 5.91 Å². The molecule has 0 unspecified atom stereocenters. The predicted molar refractivity (Wildman–Crippen MR) is 83.8 cm³/mol. The molecule has 0 fully saturated rings. The van der Waals surface area contributed by atoms with Crippen LogP contribution < -0.4 is 0 Å². The molecule has 0 aliphatic carbocycles. The van der Waals surface area contributed by atoms with Gasteiger partial charge in [0.15, 0.2) is 0 Å². The van der Waals surface area contributed by atoms with Crippen LogP contribution in [-0.4, -0.2) is 37.0 Å². The summed E-state index contributed by atoms with van der Waals surface area (Å²) >= 11 is 11.8. The van der Waals surface area contributed by atoms with Crippen LogP contribution in [0, 0.1) is 5.92 Å². The Labute approximate surface area is 135 Å². The van der Waals surface area contributed by atoms with E-state index in [1.807, 2.05) is 13.8 Å². The van der Waals surface area contributed by atoms with Gasteiger partial charge in [0.05, 0.1) is 23.6 Å². The topological polar surface area (TPSA) is 46.6 Å². The number of ether oxygens (including phenoxy) is 1. The Balaban J connectivity index is 2.87. The number of amides is 1. The zero-order chi connectivity index (χ0) is 16.0. The number of hydrogen-bond acceptors (Lipinski definition) is 3. The number of esters is 1. The number of rotatable bonds is 6. The van der Waals surface area contributed by atoms with Crippen LogP contribution in [-0.2, 0) is 9.53 Å². The number of carbonyl (C=O) groups is 2. The van der Waals surface area contributed by atoms with E-state index in [1.165, 1.54) is 13.2 Å². The molecule has 0 saturated heterocycles. The molecule has 0 heterocycles. The standard InChI is InChI=1S/C15H19Cl2NO3/c1-10(2)9-18(7-6-14(19)21-3)15(20)11-4-5-12(16)13(17)8-11/h4-5,8,10H,6-7,9H2,1-3H3. The van der Waals surface area contributed by atoms with Crippen molar-refractivity contribution >= 4 is 35.1 Å². The minimum Gasteiger partial charge on any atom is -0.469 e. The van der Waals surface area contributed by atoms with Gasteiger partial charge in [-0.15, -0.1) is 0 Å². The monoisotopic (exact) mass is 331 g/mol. The summed E-state index contributed by atoms with van der Waals surface area (Å²) in [5.41, 5.74) is 0.454. The Kier molecular flexibility index (Phi) is 6.99. The second kappa shape index (κ2) is 8.25. The van der Waals surface area contributed by atoms with Gasteiger partial charge >= 0.3 is 5.97 Å². The van der Waals surface area contributed by atoms with E-state index < -0.39 is 0 Å². The third-order valence-corrected chi connectivity index (χ3v) is 3.59. The fourth-order valence-corrected chi connectivity index (χ4v) is 2.15. The summed E-state index contributed by atoms with van der Waals surface area (Å²) in [5, 5.41) is 0.734. The highest BCUT2D eigenvalue weighted by molar-refractivity contribution is 6.42. The number of hydrogen-bond donors (Lipinski definition) is 0. The summed E-state index contributed by atoms with van der Waals surface area (Å²) in [4.78, 5) is 25.4. The molecule has 0 saturated carbocycles. The van der Waals surface area contributed by atoms with Gasteiger partial charge in [0, 0.05) is 18.7 Å². The number of benzene rings is 1. The summed E-state index contributed by atoms with van der Waals surface area (Å²) in [6.45, 7) is 4.88. The van der Waals surface area contributed by atoms with E-state index in [9.17, 15) is 9.59 Å². The molecule has 4 nitrogen and oxygen atoms in total. The summed E-state index contributed by atoms with van der Waals surface area (Å²) in [6, 6.07) is 4.75. The molecule has 0 aromatic heterocycles. The van der Waals surface area contributed by atoms with E-state index in [2.05, 4.69) is 4.74 Å². The van der Waals surface area contributed by atoms with Crippen LogP contribution in [0.4, 0.5) is 0 Å². The smallest absolute Gasteiger partial charge is 0.307 e. The lowest BCUT2D eigenvalue weighted by Gasteiger charge is -2.24. The zero-order valence-electron chi connectivity index (χ0n) is 12.4. The van der Waals surface area contributed by atoms with Crippen LogP contribution in [0.25, 0.3) is 0 Å². The van der Waals surface area contributed by atoms with Gasteiger partial charge in [-0.3, -0.25) is 9.59 Å². The molecule has 0 atom stereocenters. The molecule has 0 N–H and O–H groups in total. The van der Waals surface area contributed by atoms with Crippen molar-refractivity contribution in [3.05, 3.63) is 33.8 Å². The average Bonchev–Trinajstić information content (AvgIpc) is 2.44. The highest BCUT2D eigenvalue weighted by Gasteiger charge is 2.19. The Hall–Kier alpha value is -1.26. The fourth-order valence-electron chi connectivity index (χ4n) is 1.86. The van der Waals surface area contributed by atoms with Crippen molar-refractivity contribution in [2.75, 3.05) is 20.2 Å². The summed E-state index contributed by atoms with van der Waals surface area (Å²) in [6.07, 6.45) is 0.163. The van der Waals surface area contributed by atoms with Gasteiger partial charge in [-0.05, 0) is 24.1 Å². The number of methoxy groups -OCH3 is 1. The maximum absolute atomic E-state index is 12.5. The molecule has 1 rings (SSSR count). The van der Waals surface area contributed by atoms with E-state index in [-0.39, 0.29) is 24.2 Å². The number of halogens is 2. The quantitative estimate of drug-likeness (QED) is 0.747. The second-order valence-electron chi connectivity index (χ2n) is 5.10. The van der Waals surface area contributed by atoms with E-state index in [1.54, 1.807) is 17.0 Å². The number of carbonyl (C=O) groups excluding carboxylic acids is 2. The van der Waals surface area contributed by atoms with Crippen molar-refractivity contribution in [3.8, 4) is 0 Å². The lowest BCUT2D eigenvalue weighted by molar-refractivity contribution is -0.140. The van der Waals surface area contributed by atoms with Gasteiger partial charge in [-0.1, -0.05) is 37.0 Å². The van der Waals surface area contributed by atoms with Gasteiger partial charge in [0.2, 0.25) is 0 Å². The van der Waals surface area contributed by atoms with Crippen molar-refractivity contribution in [1.82, 2.24) is 4.90 Å². The van der Waals surface area contributed by atoms with Crippen LogP contribution in [0.1, 0.15) is 30.6 Å². The predicted octanol–water partition coefficient (Wildman–Crippen LogP) is 3.65. The Bertz CT molecular complexity index is 518. The van der Waals surface area contributed by atoms with Crippen LogP contribution in [0.3, 0.4) is 0 Å². The average molecular weight is 332 g/mol. The summed E-state index contributed by atoms with van der Waals surface area (Å²) < 4.78 is 4.61. The van der Waals surface area contributed by atoms with Gasteiger partial charge < -0.3 is 9.64 Å². The lowest BCUT2D eigenvalue weighted by atomic mass is 10.1. The van der Waals surface area contributed by atoms with E-state index in [0.717, 1.165) is 0 Å². The fraction of sp³-hybridized carbons (Fsp3) is 0.467. The molecule has 1 aromatic carbocycles. The SMILES string of the molecule is COC(=O)CCN(CC(C)C)C(=O)c1ccc(Cl)c(Cl)c1. The molecule has 1 aromatic rings. The van der Waals surface area contributed by atoms with Crippen molar-refractivity contribution in [2.24, 2.45) is 5.92 Å². The van der Waals surface area contributed by atoms with E-state index in [0.29, 0.717) is 28.7 Å². The van der Waals surface area contributed by atoms with E-state index in [4.69, 9.17) is 23.2 Å². The molecule has 0 aliphatic heterocycles. The van der Waals surface area contributed by atoms with Gasteiger partial charge in [-0.25, -0.2) is 0 Å². The largest absolute Gasteiger partial charge is 0.469 e. The van der Waals surface area contributed by atoms with E-state index >= 15 is 0 Å². The molecule has 21 heavy (non-hydrogen) atoms. The van der Waals surface area contributed by atoms with Crippen molar-refractivity contribution in [2.45, 2.75) is 20.3 Å². The molecular formula is C15H19Cl2NO3. The third kappa shape index (κ3) is 5.56. The Morgan fingerprint density at radius 1 is 1.24 bits per heavy atom. The first kappa shape index (κ1) is 17.8. The highest BCUT2D eigenvalue weighted by atomic mass is 35.5. The third-order valence-electron chi connectivity index (χ3n) is 2.85. The van der Waals surface area contributed by atoms with Crippen LogP contribution >= 0.6 is 23.2 Å². The van der Waals surface area contributed by atoms with Crippen LogP contribution in [0.2, 0.25) is 10.0 Å². The first-order valence-electron chi connectivity index (χ1n) is 6.66. The van der Waals surface area contributed by atoms with Crippen LogP contribution in [0.15, 0.2) is 18.2 Å². The molecule has 0 spiro atoms. The molecule has 0 aliphatic rings. The maximum Gasteiger partial charge on any atom is 0.307 e. The van der Waals surface area contributed by atoms with Crippen molar-refractivity contribution in [1.29, 1.82) is 0 Å². The molecule has 0 radical (unpaired) electrons. The van der Waals surface area contributed by atoms with Crippen molar-refractivity contribution < 1.29 is 14.3 Å². The first-order valence-corrected chi connectivity index (χ1v) is 7.42. The maximum atomic E-state index is 12.5. The Morgan fingerprint density at radius 3 is 2.43 bits per heavy atom. The minimum absolute atomic E-state index is 0.163. The molecule has 1 amide bonds. The first-order chi connectivity index (χ1) is 9.85. The zero-order valence-corrected chi connectivity index (χ0v) is 13.9. The number of nitrogens with zero attached hydrogens (tertiary/aromatic N) is 1. The normalized spacial score (nSPS) is 10.6. The molecular weight excluding hydrogens is 313 g/mol.